The Balaban J connectivity index is 1.47. The molecule has 4 rings (SSSR count). The minimum absolute atomic E-state index is 0.124. The van der Waals surface area contributed by atoms with Crippen molar-refractivity contribution in [2.24, 2.45) is 0 Å². The van der Waals surface area contributed by atoms with Gasteiger partial charge < -0.3 is 4.74 Å². The van der Waals surface area contributed by atoms with E-state index < -0.39 is 17.7 Å². The van der Waals surface area contributed by atoms with Crippen LogP contribution in [0, 0.1) is 0 Å². The van der Waals surface area contributed by atoms with E-state index in [0.717, 1.165) is 5.56 Å². The lowest BCUT2D eigenvalue weighted by Crippen LogP contribution is -2.41. The molecular weight excluding hydrogens is 416 g/mol. The Morgan fingerprint density at radius 1 is 0.935 bits per heavy atom. The zero-order valence-electron chi connectivity index (χ0n) is 16.2. The summed E-state index contributed by atoms with van der Waals surface area (Å²) in [5.41, 5.74) is 3.95. The molecule has 3 aromatic carbocycles. The Morgan fingerprint density at radius 2 is 1.61 bits per heavy atom. The van der Waals surface area contributed by atoms with Gasteiger partial charge >= 0.3 is 0 Å². The summed E-state index contributed by atoms with van der Waals surface area (Å²) in [6, 6.07) is 23.0. The second kappa shape index (κ2) is 8.85. The molecule has 3 aromatic rings. The van der Waals surface area contributed by atoms with Crippen molar-refractivity contribution in [2.45, 2.75) is 6.61 Å². The molecule has 1 N–H and O–H groups in total. The van der Waals surface area contributed by atoms with E-state index >= 15 is 0 Å². The maximum atomic E-state index is 12.7. The standard InChI is InChI=1S/C24H17ClN2O4/c25-21-9-5-4-8-19(21)23(29)27-24(30)20(22(28)26-27)14-16-10-12-18(13-11-16)31-15-17-6-2-1-3-7-17/h1-14H,15H2,(H,26,28)/b20-14+. The molecule has 154 valence electrons. The quantitative estimate of drug-likeness (QED) is 0.375. The lowest BCUT2D eigenvalue weighted by atomic mass is 10.1. The first-order chi connectivity index (χ1) is 15.0. The fraction of sp³-hybridized carbons (Fsp3) is 0.0417. The van der Waals surface area contributed by atoms with Crippen LogP contribution in [0.15, 0.2) is 84.4 Å². The number of carbonyl (C=O) groups excluding carboxylic acids is 3. The molecule has 3 amide bonds. The lowest BCUT2D eigenvalue weighted by Gasteiger charge is -2.13. The van der Waals surface area contributed by atoms with Crippen LogP contribution in [0.3, 0.4) is 0 Å². The van der Waals surface area contributed by atoms with E-state index in [1.54, 1.807) is 36.4 Å². The van der Waals surface area contributed by atoms with Gasteiger partial charge in [-0.05, 0) is 41.5 Å². The largest absolute Gasteiger partial charge is 0.489 e. The molecule has 7 heteroatoms. The molecule has 1 aliphatic rings. The van der Waals surface area contributed by atoms with Crippen molar-refractivity contribution < 1.29 is 19.1 Å². The van der Waals surface area contributed by atoms with Crippen molar-refractivity contribution in [3.8, 4) is 5.75 Å². The fourth-order valence-corrected chi connectivity index (χ4v) is 3.24. The van der Waals surface area contributed by atoms with Crippen LogP contribution >= 0.6 is 11.6 Å². The van der Waals surface area contributed by atoms with Gasteiger partial charge in [0.1, 0.15) is 17.9 Å². The van der Waals surface area contributed by atoms with Crippen molar-refractivity contribution in [3.05, 3.63) is 106 Å². The van der Waals surface area contributed by atoms with Crippen LogP contribution in [0.25, 0.3) is 6.08 Å². The number of rotatable bonds is 5. The summed E-state index contributed by atoms with van der Waals surface area (Å²) in [7, 11) is 0. The molecule has 0 atom stereocenters. The molecule has 1 aliphatic heterocycles. The smallest absolute Gasteiger partial charge is 0.285 e. The number of amides is 3. The molecule has 0 aromatic heterocycles. The van der Waals surface area contributed by atoms with Gasteiger partial charge in [-0.1, -0.05) is 66.2 Å². The van der Waals surface area contributed by atoms with Gasteiger partial charge in [-0.2, -0.15) is 5.01 Å². The molecule has 0 saturated carbocycles. The highest BCUT2D eigenvalue weighted by molar-refractivity contribution is 6.36. The molecule has 31 heavy (non-hydrogen) atoms. The number of hydrogen-bond donors (Lipinski definition) is 1. The minimum atomic E-state index is -0.737. The van der Waals surface area contributed by atoms with E-state index in [-0.39, 0.29) is 16.2 Å². The minimum Gasteiger partial charge on any atom is -0.489 e. The molecule has 0 radical (unpaired) electrons. The number of imide groups is 1. The molecule has 0 spiro atoms. The highest BCUT2D eigenvalue weighted by Crippen LogP contribution is 2.22. The number of carbonyl (C=O) groups is 3. The summed E-state index contributed by atoms with van der Waals surface area (Å²) < 4.78 is 5.74. The van der Waals surface area contributed by atoms with Crippen LogP contribution < -0.4 is 10.2 Å². The van der Waals surface area contributed by atoms with Gasteiger partial charge in [-0.3, -0.25) is 19.8 Å². The molecule has 0 aliphatic carbocycles. The molecule has 1 saturated heterocycles. The molecule has 0 bridgehead atoms. The van der Waals surface area contributed by atoms with Crippen LogP contribution in [0.2, 0.25) is 5.02 Å². The third-order valence-corrected chi connectivity index (χ3v) is 4.97. The van der Waals surface area contributed by atoms with Gasteiger partial charge in [0.05, 0.1) is 10.6 Å². The van der Waals surface area contributed by atoms with Crippen molar-refractivity contribution in [3.63, 3.8) is 0 Å². The van der Waals surface area contributed by atoms with E-state index in [0.29, 0.717) is 22.9 Å². The van der Waals surface area contributed by atoms with E-state index in [1.807, 2.05) is 30.3 Å². The third-order valence-electron chi connectivity index (χ3n) is 4.64. The van der Waals surface area contributed by atoms with E-state index in [1.165, 1.54) is 18.2 Å². The van der Waals surface area contributed by atoms with Crippen LogP contribution in [0.5, 0.6) is 5.75 Å². The van der Waals surface area contributed by atoms with Crippen LogP contribution in [-0.4, -0.2) is 22.7 Å². The second-order valence-electron chi connectivity index (χ2n) is 6.77. The molecule has 1 fully saturated rings. The van der Waals surface area contributed by atoms with Gasteiger partial charge in [0.15, 0.2) is 0 Å². The van der Waals surface area contributed by atoms with Gasteiger partial charge in [0.25, 0.3) is 17.7 Å². The number of hydrazine groups is 1. The first-order valence-electron chi connectivity index (χ1n) is 9.46. The van der Waals surface area contributed by atoms with Gasteiger partial charge in [-0.15, -0.1) is 0 Å². The summed E-state index contributed by atoms with van der Waals surface area (Å²) in [4.78, 5) is 37.6. The van der Waals surface area contributed by atoms with Crippen LogP contribution in [0.4, 0.5) is 0 Å². The number of ether oxygens (including phenoxy) is 1. The topological polar surface area (TPSA) is 75.7 Å². The maximum absolute atomic E-state index is 12.7. The number of halogens is 1. The van der Waals surface area contributed by atoms with Crippen LogP contribution in [-0.2, 0) is 16.2 Å². The molecule has 0 unspecified atom stereocenters. The average Bonchev–Trinajstić information content (AvgIpc) is 3.07. The maximum Gasteiger partial charge on any atom is 0.285 e. The van der Waals surface area contributed by atoms with E-state index in [4.69, 9.17) is 16.3 Å². The zero-order valence-corrected chi connectivity index (χ0v) is 17.0. The van der Waals surface area contributed by atoms with Crippen molar-refractivity contribution in [1.29, 1.82) is 0 Å². The predicted octanol–water partition coefficient (Wildman–Crippen LogP) is 4.02. The van der Waals surface area contributed by atoms with Crippen molar-refractivity contribution in [1.82, 2.24) is 10.4 Å². The number of nitrogens with one attached hydrogen (secondary N) is 1. The Bertz CT molecular complexity index is 1170. The fourth-order valence-electron chi connectivity index (χ4n) is 3.02. The number of hydrogen-bond acceptors (Lipinski definition) is 4. The van der Waals surface area contributed by atoms with Crippen molar-refractivity contribution >= 4 is 35.4 Å². The van der Waals surface area contributed by atoms with Crippen molar-refractivity contribution in [2.75, 3.05) is 0 Å². The summed E-state index contributed by atoms with van der Waals surface area (Å²) in [6.07, 6.45) is 1.43. The normalized spacial score (nSPS) is 14.6. The number of benzene rings is 3. The second-order valence-corrected chi connectivity index (χ2v) is 7.18. The number of nitrogens with zero attached hydrogens (tertiary/aromatic N) is 1. The summed E-state index contributed by atoms with van der Waals surface area (Å²) in [5.74, 6) is -1.44. The van der Waals surface area contributed by atoms with E-state index in [2.05, 4.69) is 5.43 Å². The average molecular weight is 433 g/mol. The molecule has 1 heterocycles. The van der Waals surface area contributed by atoms with Gasteiger partial charge in [0.2, 0.25) is 0 Å². The predicted molar refractivity (Wildman–Crippen MR) is 116 cm³/mol. The van der Waals surface area contributed by atoms with Gasteiger partial charge in [-0.25, -0.2) is 0 Å². The monoisotopic (exact) mass is 432 g/mol. The highest BCUT2D eigenvalue weighted by Gasteiger charge is 2.38. The Kier molecular flexibility index (Phi) is 5.82. The van der Waals surface area contributed by atoms with E-state index in [9.17, 15) is 14.4 Å². The Labute approximate surface area is 183 Å². The van der Waals surface area contributed by atoms with Crippen LogP contribution in [0.1, 0.15) is 21.5 Å². The first kappa shape index (κ1) is 20.4. The third kappa shape index (κ3) is 4.49. The lowest BCUT2D eigenvalue weighted by molar-refractivity contribution is -0.125. The summed E-state index contributed by atoms with van der Waals surface area (Å²) in [5, 5.41) is 0.866. The highest BCUT2D eigenvalue weighted by atomic mass is 35.5. The SMILES string of the molecule is O=C1NN(C(=O)c2ccccc2Cl)C(=O)/C1=C/c1ccc(OCc2ccccc2)cc1. The molecule has 6 nitrogen and oxygen atoms in total. The summed E-state index contributed by atoms with van der Waals surface area (Å²) in [6.45, 7) is 0.432. The zero-order chi connectivity index (χ0) is 21.8. The summed E-state index contributed by atoms with van der Waals surface area (Å²) >= 11 is 6.03. The molecular formula is C24H17ClN2O4. The first-order valence-corrected chi connectivity index (χ1v) is 9.83. The Morgan fingerprint density at radius 3 is 2.32 bits per heavy atom. The van der Waals surface area contributed by atoms with Gasteiger partial charge in [0, 0.05) is 0 Å². The Hall–Kier alpha value is -3.90.